The molecule has 3 atom stereocenters. The number of ether oxygens (including phenoxy) is 1. The van der Waals surface area contributed by atoms with Gasteiger partial charge < -0.3 is 14.7 Å². The topological polar surface area (TPSA) is 66.8 Å². The standard InChI is InChI=1S/C24H35NO4/c1-25-16-10-15-20(23(26)27)22(29-24(28)19-13-8-5-9-14-19)17-21(25)18-11-6-3-2-4-7-12-18/h5,8-9,13-14,18,20-22H,2-4,6-7,10-12,15-17H2,1H3,(H,26,27). The monoisotopic (exact) mass is 401 g/mol. The van der Waals surface area contributed by atoms with E-state index in [4.69, 9.17) is 4.74 Å². The van der Waals surface area contributed by atoms with Gasteiger partial charge in [-0.25, -0.2) is 4.79 Å². The summed E-state index contributed by atoms with van der Waals surface area (Å²) in [4.78, 5) is 27.1. The molecule has 1 aliphatic heterocycles. The third-order valence-corrected chi connectivity index (χ3v) is 6.79. The molecule has 1 saturated heterocycles. The zero-order valence-corrected chi connectivity index (χ0v) is 17.6. The van der Waals surface area contributed by atoms with Gasteiger partial charge in [-0.1, -0.05) is 50.3 Å². The number of hydrogen-bond donors (Lipinski definition) is 1. The number of aliphatic carboxylic acids is 1. The second kappa shape index (κ2) is 10.8. The quantitative estimate of drug-likeness (QED) is 0.737. The van der Waals surface area contributed by atoms with Gasteiger partial charge in [0, 0.05) is 12.5 Å². The van der Waals surface area contributed by atoms with Crippen LogP contribution in [0.3, 0.4) is 0 Å². The number of likely N-dealkylation sites (tertiary alicyclic amines) is 1. The average Bonchev–Trinajstić information content (AvgIpc) is 2.68. The third kappa shape index (κ3) is 6.05. The molecule has 0 amide bonds. The number of carbonyl (C=O) groups is 2. The van der Waals surface area contributed by atoms with Crippen molar-refractivity contribution in [3.8, 4) is 0 Å². The van der Waals surface area contributed by atoms with Crippen LogP contribution >= 0.6 is 0 Å². The van der Waals surface area contributed by atoms with Gasteiger partial charge in [-0.15, -0.1) is 0 Å². The van der Waals surface area contributed by atoms with E-state index in [-0.39, 0.29) is 6.04 Å². The van der Waals surface area contributed by atoms with Gasteiger partial charge in [-0.2, -0.15) is 0 Å². The summed E-state index contributed by atoms with van der Waals surface area (Å²) in [5, 5.41) is 9.85. The van der Waals surface area contributed by atoms with E-state index in [0.29, 0.717) is 24.3 Å². The van der Waals surface area contributed by atoms with E-state index in [9.17, 15) is 14.7 Å². The van der Waals surface area contributed by atoms with Crippen molar-refractivity contribution < 1.29 is 19.4 Å². The second-order valence-electron chi connectivity index (χ2n) is 8.79. The Morgan fingerprint density at radius 1 is 0.966 bits per heavy atom. The highest BCUT2D eigenvalue weighted by atomic mass is 16.5. The minimum atomic E-state index is -0.850. The highest BCUT2D eigenvalue weighted by Gasteiger charge is 2.38. The maximum Gasteiger partial charge on any atom is 0.338 e. The highest BCUT2D eigenvalue weighted by molar-refractivity contribution is 5.89. The second-order valence-corrected chi connectivity index (χ2v) is 8.79. The Morgan fingerprint density at radius 2 is 1.62 bits per heavy atom. The van der Waals surface area contributed by atoms with Crippen LogP contribution in [0.15, 0.2) is 30.3 Å². The lowest BCUT2D eigenvalue weighted by Crippen LogP contribution is -2.47. The van der Waals surface area contributed by atoms with Gasteiger partial charge in [0.25, 0.3) is 0 Å². The molecule has 1 heterocycles. The van der Waals surface area contributed by atoms with Crippen LogP contribution in [0, 0.1) is 11.8 Å². The Labute approximate surface area is 174 Å². The van der Waals surface area contributed by atoms with E-state index in [1.54, 1.807) is 24.3 Å². The molecule has 0 spiro atoms. The maximum absolute atomic E-state index is 12.7. The molecule has 2 aliphatic rings. The summed E-state index contributed by atoms with van der Waals surface area (Å²) in [6.07, 6.45) is 10.1. The van der Waals surface area contributed by atoms with Crippen LogP contribution in [-0.2, 0) is 9.53 Å². The molecule has 1 aliphatic carbocycles. The molecule has 0 bridgehead atoms. The Kier molecular flexibility index (Phi) is 8.10. The Balaban J connectivity index is 1.79. The molecule has 2 fully saturated rings. The summed E-state index contributed by atoms with van der Waals surface area (Å²) >= 11 is 0. The fourth-order valence-electron chi connectivity index (χ4n) is 5.11. The molecule has 0 radical (unpaired) electrons. The zero-order chi connectivity index (χ0) is 20.6. The lowest BCUT2D eigenvalue weighted by Gasteiger charge is -2.40. The fourth-order valence-corrected chi connectivity index (χ4v) is 5.11. The van der Waals surface area contributed by atoms with Crippen molar-refractivity contribution in [3.05, 3.63) is 35.9 Å². The van der Waals surface area contributed by atoms with Crippen molar-refractivity contribution in [1.29, 1.82) is 0 Å². The summed E-state index contributed by atoms with van der Waals surface area (Å²) in [7, 11) is 2.15. The molecule has 5 heteroatoms. The number of carbonyl (C=O) groups excluding carboxylic acids is 1. The van der Waals surface area contributed by atoms with E-state index in [1.165, 1.54) is 44.9 Å². The van der Waals surface area contributed by atoms with Crippen LogP contribution in [0.1, 0.15) is 74.6 Å². The lowest BCUT2D eigenvalue weighted by atomic mass is 9.79. The summed E-state index contributed by atoms with van der Waals surface area (Å²) in [5.74, 6) is -1.35. The maximum atomic E-state index is 12.7. The van der Waals surface area contributed by atoms with Gasteiger partial charge >= 0.3 is 11.9 Å². The SMILES string of the molecule is CN1CCCC(C(=O)O)C(OC(=O)c2ccccc2)CC1C1CCCCCCC1. The number of rotatable bonds is 4. The van der Waals surface area contributed by atoms with E-state index in [1.807, 2.05) is 6.07 Å². The van der Waals surface area contributed by atoms with Crippen molar-refractivity contribution in [2.75, 3.05) is 13.6 Å². The van der Waals surface area contributed by atoms with Crippen molar-refractivity contribution >= 4 is 11.9 Å². The molecular formula is C24H35NO4. The van der Waals surface area contributed by atoms with Crippen LogP contribution < -0.4 is 0 Å². The molecule has 29 heavy (non-hydrogen) atoms. The van der Waals surface area contributed by atoms with Crippen LogP contribution in [-0.4, -0.2) is 47.7 Å². The first-order valence-electron chi connectivity index (χ1n) is 11.3. The van der Waals surface area contributed by atoms with Crippen LogP contribution in [0.2, 0.25) is 0 Å². The third-order valence-electron chi connectivity index (χ3n) is 6.79. The molecule has 1 aromatic rings. The number of nitrogens with zero attached hydrogens (tertiary/aromatic N) is 1. The van der Waals surface area contributed by atoms with E-state index in [0.717, 1.165) is 13.0 Å². The first-order valence-corrected chi connectivity index (χ1v) is 11.3. The van der Waals surface area contributed by atoms with Gasteiger partial charge in [0.2, 0.25) is 0 Å². The summed E-state index contributed by atoms with van der Waals surface area (Å²) in [6.45, 7) is 0.907. The normalized spacial score (nSPS) is 27.8. The molecule has 160 valence electrons. The summed E-state index contributed by atoms with van der Waals surface area (Å²) < 4.78 is 5.87. The number of hydrogen-bond acceptors (Lipinski definition) is 4. The highest BCUT2D eigenvalue weighted by Crippen LogP contribution is 2.34. The van der Waals surface area contributed by atoms with Gasteiger partial charge in [0.05, 0.1) is 11.5 Å². The summed E-state index contributed by atoms with van der Waals surface area (Å²) in [5.41, 5.74) is 0.481. The molecule has 3 unspecified atom stereocenters. The predicted octanol–water partition coefficient (Wildman–Crippen LogP) is 4.76. The van der Waals surface area contributed by atoms with E-state index < -0.39 is 24.0 Å². The van der Waals surface area contributed by atoms with Crippen LogP contribution in [0.25, 0.3) is 0 Å². The number of carboxylic acids is 1. The minimum absolute atomic E-state index is 0.267. The van der Waals surface area contributed by atoms with E-state index >= 15 is 0 Å². The van der Waals surface area contributed by atoms with Gasteiger partial charge in [0.1, 0.15) is 6.10 Å². The molecule has 0 aromatic heterocycles. The van der Waals surface area contributed by atoms with Crippen molar-refractivity contribution in [3.63, 3.8) is 0 Å². The van der Waals surface area contributed by atoms with Gasteiger partial charge in [0.15, 0.2) is 0 Å². The molecule has 1 saturated carbocycles. The Hall–Kier alpha value is -1.88. The zero-order valence-electron chi connectivity index (χ0n) is 17.6. The predicted molar refractivity (Wildman–Crippen MR) is 113 cm³/mol. The molecule has 1 aromatic carbocycles. The van der Waals surface area contributed by atoms with Crippen molar-refractivity contribution in [2.45, 2.75) is 76.4 Å². The smallest absolute Gasteiger partial charge is 0.338 e. The lowest BCUT2D eigenvalue weighted by molar-refractivity contribution is -0.147. The molecule has 1 N–H and O–H groups in total. The Bertz CT molecular complexity index is 654. The van der Waals surface area contributed by atoms with Crippen LogP contribution in [0.4, 0.5) is 0 Å². The number of carboxylic acid groups (broad SMARTS) is 1. The number of benzene rings is 1. The fraction of sp³-hybridized carbons (Fsp3) is 0.667. The van der Waals surface area contributed by atoms with Gasteiger partial charge in [-0.05, 0) is 57.3 Å². The summed E-state index contributed by atoms with van der Waals surface area (Å²) in [6, 6.07) is 9.16. The molecular weight excluding hydrogens is 366 g/mol. The van der Waals surface area contributed by atoms with Crippen LogP contribution in [0.5, 0.6) is 0 Å². The first kappa shape index (κ1) is 21.8. The van der Waals surface area contributed by atoms with Crippen molar-refractivity contribution in [2.24, 2.45) is 11.8 Å². The average molecular weight is 402 g/mol. The first-order chi connectivity index (χ1) is 14.1. The Morgan fingerprint density at radius 3 is 2.28 bits per heavy atom. The molecule has 5 nitrogen and oxygen atoms in total. The van der Waals surface area contributed by atoms with Gasteiger partial charge in [-0.3, -0.25) is 4.79 Å². The molecule has 3 rings (SSSR count). The van der Waals surface area contributed by atoms with Crippen molar-refractivity contribution in [1.82, 2.24) is 4.90 Å². The number of esters is 1. The largest absolute Gasteiger partial charge is 0.481 e. The minimum Gasteiger partial charge on any atom is -0.481 e. The van der Waals surface area contributed by atoms with E-state index in [2.05, 4.69) is 11.9 Å².